The van der Waals surface area contributed by atoms with Crippen molar-refractivity contribution in [1.82, 2.24) is 9.80 Å². The lowest BCUT2D eigenvalue weighted by atomic mass is 10.1. The molecule has 29 heavy (non-hydrogen) atoms. The standard InChI is InChI=1S/C22H23Cl2N3O2/c23-18-7-6-17(14-19(18)24)25-10-12-26(13-11-25)20-15-21(28)27(22(20)29)9-8-16-4-2-1-3-5-16/h1-7,14,20H,8-13,15H2/t20-/m0/s1. The van der Waals surface area contributed by atoms with Gasteiger partial charge in [0.15, 0.2) is 0 Å². The maximum Gasteiger partial charge on any atom is 0.247 e. The highest BCUT2D eigenvalue weighted by Gasteiger charge is 2.42. The number of benzene rings is 2. The summed E-state index contributed by atoms with van der Waals surface area (Å²) in [5, 5.41) is 1.08. The molecule has 2 aliphatic heterocycles. The molecule has 7 heteroatoms. The molecule has 4 rings (SSSR count). The van der Waals surface area contributed by atoms with Crippen molar-refractivity contribution in [3.63, 3.8) is 0 Å². The second-order valence-electron chi connectivity index (χ2n) is 7.46. The van der Waals surface area contributed by atoms with Crippen LogP contribution in [0.3, 0.4) is 0 Å². The molecule has 2 aliphatic rings. The summed E-state index contributed by atoms with van der Waals surface area (Å²) in [7, 11) is 0. The van der Waals surface area contributed by atoms with Gasteiger partial charge in [0.05, 0.1) is 22.5 Å². The minimum atomic E-state index is -0.339. The fourth-order valence-corrected chi connectivity index (χ4v) is 4.34. The van der Waals surface area contributed by atoms with Gasteiger partial charge in [0, 0.05) is 38.4 Å². The van der Waals surface area contributed by atoms with Crippen LogP contribution in [0.1, 0.15) is 12.0 Å². The molecule has 2 heterocycles. The lowest BCUT2D eigenvalue weighted by Gasteiger charge is -2.38. The first-order valence-corrected chi connectivity index (χ1v) is 10.6. The number of carbonyl (C=O) groups is 2. The Morgan fingerprint density at radius 3 is 2.31 bits per heavy atom. The summed E-state index contributed by atoms with van der Waals surface area (Å²) < 4.78 is 0. The summed E-state index contributed by atoms with van der Waals surface area (Å²) in [6.45, 7) is 3.47. The van der Waals surface area contributed by atoms with Gasteiger partial charge in [-0.05, 0) is 30.2 Å². The number of anilines is 1. The predicted molar refractivity (Wildman–Crippen MR) is 116 cm³/mol. The largest absolute Gasteiger partial charge is 0.369 e. The molecular weight excluding hydrogens is 409 g/mol. The van der Waals surface area contributed by atoms with E-state index in [2.05, 4.69) is 9.80 Å². The van der Waals surface area contributed by atoms with Gasteiger partial charge in [-0.3, -0.25) is 19.4 Å². The van der Waals surface area contributed by atoms with E-state index in [1.807, 2.05) is 42.5 Å². The average Bonchev–Trinajstić information content (AvgIpc) is 3.03. The van der Waals surface area contributed by atoms with Crippen LogP contribution < -0.4 is 4.90 Å². The van der Waals surface area contributed by atoms with E-state index in [0.29, 0.717) is 23.0 Å². The van der Waals surface area contributed by atoms with Crippen LogP contribution in [0.2, 0.25) is 10.0 Å². The quantitative estimate of drug-likeness (QED) is 0.679. The van der Waals surface area contributed by atoms with Gasteiger partial charge in [0.2, 0.25) is 11.8 Å². The van der Waals surface area contributed by atoms with Crippen molar-refractivity contribution < 1.29 is 9.59 Å². The molecule has 0 bridgehead atoms. The molecule has 0 aliphatic carbocycles. The van der Waals surface area contributed by atoms with Crippen LogP contribution in [0.25, 0.3) is 0 Å². The summed E-state index contributed by atoms with van der Waals surface area (Å²) in [4.78, 5) is 31.1. The molecule has 152 valence electrons. The smallest absolute Gasteiger partial charge is 0.247 e. The van der Waals surface area contributed by atoms with E-state index in [1.54, 1.807) is 6.07 Å². The lowest BCUT2D eigenvalue weighted by molar-refractivity contribution is -0.139. The van der Waals surface area contributed by atoms with Crippen LogP contribution in [0.5, 0.6) is 0 Å². The molecular formula is C22H23Cl2N3O2. The SMILES string of the molecule is O=C1C[C@H](N2CCN(c3ccc(Cl)c(Cl)c3)CC2)C(=O)N1CCc1ccccc1. The van der Waals surface area contributed by atoms with Crippen molar-refractivity contribution >= 4 is 40.7 Å². The summed E-state index contributed by atoms with van der Waals surface area (Å²) in [5.41, 5.74) is 2.16. The normalized spacial score (nSPS) is 20.6. The molecule has 0 unspecified atom stereocenters. The van der Waals surface area contributed by atoms with E-state index in [9.17, 15) is 9.59 Å². The predicted octanol–water partition coefficient (Wildman–Crippen LogP) is 3.49. The number of rotatable bonds is 5. The number of hydrogen-bond acceptors (Lipinski definition) is 4. The summed E-state index contributed by atoms with van der Waals surface area (Å²) >= 11 is 12.1. The summed E-state index contributed by atoms with van der Waals surface area (Å²) in [6, 6.07) is 15.2. The van der Waals surface area contributed by atoms with E-state index < -0.39 is 0 Å². The Morgan fingerprint density at radius 2 is 1.62 bits per heavy atom. The van der Waals surface area contributed by atoms with Gasteiger partial charge in [-0.25, -0.2) is 0 Å². The van der Waals surface area contributed by atoms with Gasteiger partial charge < -0.3 is 4.90 Å². The fourth-order valence-electron chi connectivity index (χ4n) is 4.04. The Balaban J connectivity index is 1.34. The van der Waals surface area contributed by atoms with E-state index in [0.717, 1.165) is 37.4 Å². The van der Waals surface area contributed by atoms with Gasteiger partial charge in [0.1, 0.15) is 0 Å². The van der Waals surface area contributed by atoms with Crippen LogP contribution in [-0.2, 0) is 16.0 Å². The van der Waals surface area contributed by atoms with Crippen LogP contribution in [0.4, 0.5) is 5.69 Å². The Labute approximate surface area is 180 Å². The third-order valence-corrected chi connectivity index (χ3v) is 6.45. The van der Waals surface area contributed by atoms with Crippen molar-refractivity contribution in [2.24, 2.45) is 0 Å². The zero-order chi connectivity index (χ0) is 20.4. The molecule has 1 atom stereocenters. The van der Waals surface area contributed by atoms with Crippen LogP contribution >= 0.6 is 23.2 Å². The van der Waals surface area contributed by atoms with E-state index >= 15 is 0 Å². The van der Waals surface area contributed by atoms with Crippen molar-refractivity contribution in [2.75, 3.05) is 37.6 Å². The van der Waals surface area contributed by atoms with E-state index in [-0.39, 0.29) is 24.3 Å². The zero-order valence-electron chi connectivity index (χ0n) is 16.1. The van der Waals surface area contributed by atoms with Gasteiger partial charge in [-0.1, -0.05) is 53.5 Å². The minimum absolute atomic E-state index is 0.0612. The first-order chi connectivity index (χ1) is 14.0. The molecule has 0 radical (unpaired) electrons. The second-order valence-corrected chi connectivity index (χ2v) is 8.27. The Kier molecular flexibility index (Phi) is 6.09. The molecule has 0 spiro atoms. The molecule has 0 aromatic heterocycles. The lowest BCUT2D eigenvalue weighted by Crippen LogP contribution is -2.52. The third kappa shape index (κ3) is 4.42. The molecule has 0 N–H and O–H groups in total. The summed E-state index contributed by atoms with van der Waals surface area (Å²) in [5.74, 6) is -0.128. The maximum atomic E-state index is 12.9. The van der Waals surface area contributed by atoms with Crippen molar-refractivity contribution in [3.8, 4) is 0 Å². The highest BCUT2D eigenvalue weighted by molar-refractivity contribution is 6.42. The number of imide groups is 1. The summed E-state index contributed by atoms with van der Waals surface area (Å²) in [6.07, 6.45) is 0.969. The highest BCUT2D eigenvalue weighted by Crippen LogP contribution is 2.28. The number of halogens is 2. The van der Waals surface area contributed by atoms with E-state index in [1.165, 1.54) is 4.90 Å². The monoisotopic (exact) mass is 431 g/mol. The molecule has 5 nitrogen and oxygen atoms in total. The molecule has 2 fully saturated rings. The minimum Gasteiger partial charge on any atom is -0.369 e. The number of carbonyl (C=O) groups excluding carboxylic acids is 2. The number of amides is 2. The molecule has 2 aromatic carbocycles. The Morgan fingerprint density at radius 1 is 0.897 bits per heavy atom. The third-order valence-electron chi connectivity index (χ3n) is 5.71. The zero-order valence-corrected chi connectivity index (χ0v) is 17.6. The van der Waals surface area contributed by atoms with Gasteiger partial charge in [0.25, 0.3) is 0 Å². The first kappa shape index (κ1) is 20.2. The molecule has 2 aromatic rings. The Hall–Kier alpha value is -2.08. The van der Waals surface area contributed by atoms with Crippen molar-refractivity contribution in [1.29, 1.82) is 0 Å². The van der Waals surface area contributed by atoms with Crippen molar-refractivity contribution in [3.05, 3.63) is 64.1 Å². The number of nitrogens with zero attached hydrogens (tertiary/aromatic N) is 3. The van der Waals surface area contributed by atoms with Gasteiger partial charge in [-0.15, -0.1) is 0 Å². The second kappa shape index (κ2) is 8.74. The van der Waals surface area contributed by atoms with Crippen LogP contribution in [0, 0.1) is 0 Å². The van der Waals surface area contributed by atoms with E-state index in [4.69, 9.17) is 23.2 Å². The maximum absolute atomic E-state index is 12.9. The molecule has 0 saturated carbocycles. The molecule has 2 saturated heterocycles. The van der Waals surface area contributed by atoms with Gasteiger partial charge >= 0.3 is 0 Å². The number of likely N-dealkylation sites (tertiary alicyclic amines) is 1. The highest BCUT2D eigenvalue weighted by atomic mass is 35.5. The topological polar surface area (TPSA) is 43.9 Å². The Bertz CT molecular complexity index is 898. The average molecular weight is 432 g/mol. The number of hydrogen-bond donors (Lipinski definition) is 0. The van der Waals surface area contributed by atoms with Gasteiger partial charge in [-0.2, -0.15) is 0 Å². The molecule has 2 amide bonds. The van der Waals surface area contributed by atoms with Crippen molar-refractivity contribution in [2.45, 2.75) is 18.9 Å². The van der Waals surface area contributed by atoms with Crippen LogP contribution in [-0.4, -0.2) is 60.4 Å². The number of piperazine rings is 1. The van der Waals surface area contributed by atoms with Crippen LogP contribution in [0.15, 0.2) is 48.5 Å². The first-order valence-electron chi connectivity index (χ1n) is 9.85. The fraction of sp³-hybridized carbons (Fsp3) is 0.364.